The molecule has 2 aliphatic rings. The van der Waals surface area contributed by atoms with Gasteiger partial charge in [0.15, 0.2) is 11.6 Å². The van der Waals surface area contributed by atoms with Crippen LogP contribution in [-0.2, 0) is 0 Å². The van der Waals surface area contributed by atoms with Crippen molar-refractivity contribution in [3.63, 3.8) is 0 Å². The van der Waals surface area contributed by atoms with Gasteiger partial charge < -0.3 is 15.1 Å². The second-order valence-electron chi connectivity index (χ2n) is 7.67. The van der Waals surface area contributed by atoms with Gasteiger partial charge in [-0.15, -0.1) is 0 Å². The van der Waals surface area contributed by atoms with E-state index >= 15 is 0 Å². The van der Waals surface area contributed by atoms with E-state index in [4.69, 9.17) is 0 Å². The van der Waals surface area contributed by atoms with Crippen LogP contribution < -0.4 is 10.2 Å². The summed E-state index contributed by atoms with van der Waals surface area (Å²) in [6.45, 7) is 5.54. The monoisotopic (exact) mass is 399 g/mol. The van der Waals surface area contributed by atoms with Gasteiger partial charge in [0, 0.05) is 38.0 Å². The van der Waals surface area contributed by atoms with Crippen LogP contribution in [0.15, 0.2) is 36.4 Å². The number of halogens is 2. The Morgan fingerprint density at radius 1 is 1.10 bits per heavy atom. The number of carbonyl (C=O) groups is 2. The van der Waals surface area contributed by atoms with Crippen molar-refractivity contribution in [1.29, 1.82) is 0 Å². The lowest BCUT2D eigenvalue weighted by atomic mass is 9.89. The molecule has 7 heteroatoms. The predicted octanol–water partition coefficient (Wildman–Crippen LogP) is 3.48. The van der Waals surface area contributed by atoms with Crippen molar-refractivity contribution in [3.8, 4) is 0 Å². The van der Waals surface area contributed by atoms with E-state index in [0.717, 1.165) is 23.4 Å². The number of aryl methyl sites for hydroxylation is 1. The molecule has 1 saturated heterocycles. The van der Waals surface area contributed by atoms with Crippen LogP contribution in [0.5, 0.6) is 0 Å². The molecule has 152 valence electrons. The molecule has 5 nitrogen and oxygen atoms in total. The molecule has 2 aliphatic heterocycles. The van der Waals surface area contributed by atoms with Gasteiger partial charge in [-0.1, -0.05) is 11.6 Å². The first kappa shape index (κ1) is 19.4. The third-order valence-electron chi connectivity index (χ3n) is 5.91. The summed E-state index contributed by atoms with van der Waals surface area (Å²) in [4.78, 5) is 29.3. The molecule has 2 aromatic carbocycles. The standard InChI is InChI=1S/C22H23F2N3O2/c1-3-27-19-7-4-14(2)12-16(19)20(28)25-22(27)8-10-26(11-9-22)21(29)15-5-6-17(23)18(24)13-15/h4-7,12-13H,3,8-11H2,1-2H3,(H,25,28). The molecule has 0 saturated carbocycles. The number of rotatable bonds is 2. The summed E-state index contributed by atoms with van der Waals surface area (Å²) in [6, 6.07) is 9.06. The maximum Gasteiger partial charge on any atom is 0.255 e. The summed E-state index contributed by atoms with van der Waals surface area (Å²) in [6.07, 6.45) is 1.10. The molecular formula is C22H23F2N3O2. The zero-order valence-corrected chi connectivity index (χ0v) is 16.5. The Morgan fingerprint density at radius 2 is 1.83 bits per heavy atom. The maximum absolute atomic E-state index is 13.5. The lowest BCUT2D eigenvalue weighted by molar-refractivity contribution is 0.0603. The number of piperidine rings is 1. The fourth-order valence-electron chi connectivity index (χ4n) is 4.40. The fourth-order valence-corrected chi connectivity index (χ4v) is 4.40. The number of amides is 2. The van der Waals surface area contributed by atoms with Gasteiger partial charge >= 0.3 is 0 Å². The molecular weight excluding hydrogens is 376 g/mol. The van der Waals surface area contributed by atoms with E-state index in [-0.39, 0.29) is 17.4 Å². The highest BCUT2D eigenvalue weighted by Gasteiger charge is 2.45. The normalized spacial score (nSPS) is 17.9. The third kappa shape index (κ3) is 3.24. The molecule has 2 amide bonds. The van der Waals surface area contributed by atoms with Gasteiger partial charge in [0.25, 0.3) is 11.8 Å². The zero-order valence-electron chi connectivity index (χ0n) is 16.5. The summed E-state index contributed by atoms with van der Waals surface area (Å²) < 4.78 is 26.7. The van der Waals surface area contributed by atoms with Crippen LogP contribution in [-0.4, -0.2) is 42.0 Å². The summed E-state index contributed by atoms with van der Waals surface area (Å²) in [5, 5.41) is 3.17. The SMILES string of the molecule is CCN1c2ccc(C)cc2C(=O)NC12CCN(C(=O)c1ccc(F)c(F)c1)CC2. The number of benzene rings is 2. The highest BCUT2D eigenvalue weighted by Crippen LogP contribution is 2.37. The number of anilines is 1. The van der Waals surface area contributed by atoms with Gasteiger partial charge in [0.2, 0.25) is 0 Å². The Labute approximate surface area is 168 Å². The Hall–Kier alpha value is -2.96. The molecule has 1 N–H and O–H groups in total. The average molecular weight is 399 g/mol. The zero-order chi connectivity index (χ0) is 20.8. The van der Waals surface area contributed by atoms with Crippen LogP contribution in [0.25, 0.3) is 0 Å². The van der Waals surface area contributed by atoms with E-state index < -0.39 is 17.3 Å². The van der Waals surface area contributed by atoms with Gasteiger partial charge in [-0.05, 0) is 44.2 Å². The molecule has 4 rings (SSSR count). The molecule has 1 fully saturated rings. The van der Waals surface area contributed by atoms with Gasteiger partial charge in [-0.3, -0.25) is 9.59 Å². The number of carbonyl (C=O) groups excluding carboxylic acids is 2. The molecule has 2 heterocycles. The molecule has 0 bridgehead atoms. The molecule has 0 aromatic heterocycles. The van der Waals surface area contributed by atoms with Crippen molar-refractivity contribution in [1.82, 2.24) is 10.2 Å². The minimum Gasteiger partial charge on any atom is -0.348 e. The first-order chi connectivity index (χ1) is 13.8. The summed E-state index contributed by atoms with van der Waals surface area (Å²) in [5.41, 5.74) is 2.16. The predicted molar refractivity (Wildman–Crippen MR) is 106 cm³/mol. The Balaban J connectivity index is 1.56. The van der Waals surface area contributed by atoms with E-state index in [2.05, 4.69) is 10.2 Å². The highest BCUT2D eigenvalue weighted by atomic mass is 19.2. The summed E-state index contributed by atoms with van der Waals surface area (Å²) >= 11 is 0. The van der Waals surface area contributed by atoms with Crippen molar-refractivity contribution in [2.75, 3.05) is 24.5 Å². The summed E-state index contributed by atoms with van der Waals surface area (Å²) in [7, 11) is 0. The van der Waals surface area contributed by atoms with Crippen LogP contribution in [0.3, 0.4) is 0 Å². The van der Waals surface area contributed by atoms with Crippen LogP contribution in [0, 0.1) is 18.6 Å². The minimum absolute atomic E-state index is 0.103. The molecule has 0 aliphatic carbocycles. The lowest BCUT2D eigenvalue weighted by Gasteiger charge is -2.52. The van der Waals surface area contributed by atoms with Gasteiger partial charge in [0.1, 0.15) is 5.66 Å². The average Bonchev–Trinajstić information content (AvgIpc) is 2.71. The number of likely N-dealkylation sites (tertiary alicyclic amines) is 1. The van der Waals surface area contributed by atoms with Gasteiger partial charge in [-0.25, -0.2) is 8.78 Å². The van der Waals surface area contributed by atoms with Crippen LogP contribution in [0.1, 0.15) is 46.0 Å². The van der Waals surface area contributed by atoms with E-state index in [1.165, 1.54) is 6.07 Å². The smallest absolute Gasteiger partial charge is 0.255 e. The molecule has 0 atom stereocenters. The molecule has 2 aromatic rings. The van der Waals surface area contributed by atoms with Gasteiger partial charge in [-0.2, -0.15) is 0 Å². The number of hydrogen-bond donors (Lipinski definition) is 1. The minimum atomic E-state index is -1.03. The molecule has 0 unspecified atom stereocenters. The van der Waals surface area contributed by atoms with E-state index in [1.807, 2.05) is 32.0 Å². The quantitative estimate of drug-likeness (QED) is 0.841. The third-order valence-corrected chi connectivity index (χ3v) is 5.91. The highest BCUT2D eigenvalue weighted by molar-refractivity contribution is 6.03. The number of nitrogens with one attached hydrogen (secondary N) is 1. The van der Waals surface area contributed by atoms with Crippen LogP contribution in [0.4, 0.5) is 14.5 Å². The topological polar surface area (TPSA) is 52.7 Å². The lowest BCUT2D eigenvalue weighted by Crippen LogP contribution is -2.68. The van der Waals surface area contributed by atoms with E-state index in [0.29, 0.717) is 38.0 Å². The molecule has 0 radical (unpaired) electrons. The van der Waals surface area contributed by atoms with E-state index in [1.54, 1.807) is 4.90 Å². The van der Waals surface area contributed by atoms with Crippen LogP contribution in [0.2, 0.25) is 0 Å². The van der Waals surface area contributed by atoms with Crippen molar-refractivity contribution in [3.05, 3.63) is 64.7 Å². The fraction of sp³-hybridized carbons (Fsp3) is 0.364. The largest absolute Gasteiger partial charge is 0.348 e. The van der Waals surface area contributed by atoms with Crippen molar-refractivity contribution >= 4 is 17.5 Å². The number of nitrogens with zero attached hydrogens (tertiary/aromatic N) is 2. The second kappa shape index (κ2) is 7.13. The Morgan fingerprint density at radius 3 is 2.48 bits per heavy atom. The van der Waals surface area contributed by atoms with Crippen molar-refractivity contribution < 1.29 is 18.4 Å². The Kier molecular flexibility index (Phi) is 4.76. The molecule has 29 heavy (non-hydrogen) atoms. The Bertz CT molecular complexity index is 984. The van der Waals surface area contributed by atoms with E-state index in [9.17, 15) is 18.4 Å². The number of hydrogen-bond acceptors (Lipinski definition) is 3. The van der Waals surface area contributed by atoms with Crippen molar-refractivity contribution in [2.45, 2.75) is 32.4 Å². The van der Waals surface area contributed by atoms with Gasteiger partial charge in [0.05, 0.1) is 11.3 Å². The van der Waals surface area contributed by atoms with Crippen LogP contribution >= 0.6 is 0 Å². The molecule has 1 spiro atoms. The number of fused-ring (bicyclic) bond motifs is 1. The summed E-state index contributed by atoms with van der Waals surface area (Å²) in [5.74, 6) is -2.45. The maximum atomic E-state index is 13.5. The second-order valence-corrected chi connectivity index (χ2v) is 7.67. The first-order valence-corrected chi connectivity index (χ1v) is 9.80. The van der Waals surface area contributed by atoms with Crippen molar-refractivity contribution in [2.24, 2.45) is 0 Å². The first-order valence-electron chi connectivity index (χ1n) is 9.80.